The van der Waals surface area contributed by atoms with Crippen LogP contribution in [0.25, 0.3) is 0 Å². The average molecular weight is 480 g/mol. The van der Waals surface area contributed by atoms with E-state index in [0.717, 1.165) is 19.3 Å². The fourth-order valence-corrected chi connectivity index (χ4v) is 5.24. The third-order valence-corrected chi connectivity index (χ3v) is 7.46. The topological polar surface area (TPSA) is 90.0 Å². The lowest BCUT2D eigenvalue weighted by atomic mass is 10.1. The van der Waals surface area contributed by atoms with E-state index in [-0.39, 0.29) is 27.9 Å². The summed E-state index contributed by atoms with van der Waals surface area (Å²) in [5.41, 5.74) is 0.957. The molecule has 32 heavy (non-hydrogen) atoms. The van der Waals surface area contributed by atoms with Crippen molar-refractivity contribution in [2.75, 3.05) is 19.7 Å². The lowest BCUT2D eigenvalue weighted by Gasteiger charge is -2.26. The Morgan fingerprint density at radius 1 is 1.06 bits per heavy atom. The Bertz CT molecular complexity index is 1110. The molecular weight excluding hydrogens is 454 g/mol. The van der Waals surface area contributed by atoms with Crippen LogP contribution in [-0.4, -0.2) is 44.2 Å². The molecule has 1 fully saturated rings. The van der Waals surface area contributed by atoms with E-state index in [1.54, 1.807) is 18.2 Å². The van der Waals surface area contributed by atoms with Gasteiger partial charge in [-0.25, -0.2) is 13.2 Å². The second kappa shape index (κ2) is 10.5. The molecule has 1 saturated heterocycles. The molecule has 0 atom stereocenters. The van der Waals surface area contributed by atoms with Crippen LogP contribution in [0.2, 0.25) is 5.02 Å². The zero-order chi connectivity index (χ0) is 23.3. The number of benzene rings is 2. The minimum Gasteiger partial charge on any atom is -0.493 e. The standard InChI is InChI=1S/C23H26ClNO6S/c1-3-30-22-10-7-17(16(2)26)13-18(22)15-31-23(27)20-14-19(8-9-21(20)24)32(28,29)25-11-5-4-6-12-25/h7-10,13-14H,3-6,11-12,15H2,1-2H3. The van der Waals surface area contributed by atoms with Gasteiger partial charge in [-0.15, -0.1) is 0 Å². The first kappa shape index (κ1) is 24.2. The average Bonchev–Trinajstić information content (AvgIpc) is 2.79. The molecule has 2 aromatic rings. The molecule has 0 saturated carbocycles. The summed E-state index contributed by atoms with van der Waals surface area (Å²) in [5, 5.41) is 0.0927. The van der Waals surface area contributed by atoms with Crippen molar-refractivity contribution in [3.05, 3.63) is 58.1 Å². The zero-order valence-electron chi connectivity index (χ0n) is 18.1. The summed E-state index contributed by atoms with van der Waals surface area (Å²) in [6.07, 6.45) is 2.62. The van der Waals surface area contributed by atoms with Gasteiger partial charge in [0.25, 0.3) is 0 Å². The highest BCUT2D eigenvalue weighted by atomic mass is 35.5. The molecule has 1 aliphatic rings. The highest BCUT2D eigenvalue weighted by molar-refractivity contribution is 7.89. The van der Waals surface area contributed by atoms with Crippen LogP contribution in [0.15, 0.2) is 41.3 Å². The molecule has 0 bridgehead atoms. The Labute approximate surface area is 193 Å². The predicted octanol–water partition coefficient (Wildman–Crippen LogP) is 4.47. The molecule has 0 unspecified atom stereocenters. The molecule has 0 amide bonds. The number of rotatable bonds is 8. The Kier molecular flexibility index (Phi) is 7.92. The molecule has 2 aromatic carbocycles. The number of ether oxygens (including phenoxy) is 2. The first-order chi connectivity index (χ1) is 15.2. The molecule has 0 radical (unpaired) electrons. The number of ketones is 1. The maximum Gasteiger partial charge on any atom is 0.340 e. The third kappa shape index (κ3) is 5.49. The Morgan fingerprint density at radius 3 is 2.44 bits per heavy atom. The van der Waals surface area contributed by atoms with E-state index < -0.39 is 16.0 Å². The SMILES string of the molecule is CCOc1ccc(C(C)=O)cc1COC(=O)c1cc(S(=O)(=O)N2CCCCC2)ccc1Cl. The van der Waals surface area contributed by atoms with Crippen molar-refractivity contribution in [2.24, 2.45) is 0 Å². The van der Waals surface area contributed by atoms with Gasteiger partial charge in [0.2, 0.25) is 10.0 Å². The molecule has 9 heteroatoms. The number of sulfonamides is 1. The van der Waals surface area contributed by atoms with Crippen LogP contribution in [-0.2, 0) is 21.4 Å². The van der Waals surface area contributed by atoms with E-state index >= 15 is 0 Å². The van der Waals surface area contributed by atoms with Gasteiger partial charge in [0.05, 0.1) is 22.1 Å². The van der Waals surface area contributed by atoms with E-state index in [0.29, 0.717) is 36.6 Å². The van der Waals surface area contributed by atoms with Crippen molar-refractivity contribution in [1.82, 2.24) is 4.31 Å². The van der Waals surface area contributed by atoms with Gasteiger partial charge in [0.1, 0.15) is 12.4 Å². The second-order valence-corrected chi connectivity index (χ2v) is 9.84. The zero-order valence-corrected chi connectivity index (χ0v) is 19.7. The Morgan fingerprint density at radius 2 is 1.78 bits per heavy atom. The first-order valence-electron chi connectivity index (χ1n) is 10.5. The molecule has 0 aliphatic carbocycles. The molecule has 1 aliphatic heterocycles. The smallest absolute Gasteiger partial charge is 0.340 e. The molecule has 7 nitrogen and oxygen atoms in total. The molecule has 1 heterocycles. The van der Waals surface area contributed by atoms with Gasteiger partial charge in [-0.05, 0) is 63.1 Å². The number of hydrogen-bond donors (Lipinski definition) is 0. The van der Waals surface area contributed by atoms with Gasteiger partial charge < -0.3 is 9.47 Å². The first-order valence-corrected chi connectivity index (χ1v) is 12.3. The summed E-state index contributed by atoms with van der Waals surface area (Å²) >= 11 is 6.18. The largest absolute Gasteiger partial charge is 0.493 e. The van der Waals surface area contributed by atoms with E-state index in [1.165, 1.54) is 29.4 Å². The molecule has 3 rings (SSSR count). The van der Waals surface area contributed by atoms with Gasteiger partial charge in [-0.1, -0.05) is 18.0 Å². The minimum atomic E-state index is -3.72. The summed E-state index contributed by atoms with van der Waals surface area (Å²) in [6, 6.07) is 8.94. The van der Waals surface area contributed by atoms with Crippen LogP contribution >= 0.6 is 11.6 Å². The normalized spacial score (nSPS) is 14.7. The quantitative estimate of drug-likeness (QED) is 0.410. The second-order valence-electron chi connectivity index (χ2n) is 7.49. The Balaban J connectivity index is 1.82. The molecular formula is C23H26ClNO6S. The predicted molar refractivity (Wildman–Crippen MR) is 121 cm³/mol. The summed E-state index contributed by atoms with van der Waals surface area (Å²) in [6.45, 7) is 4.43. The summed E-state index contributed by atoms with van der Waals surface area (Å²) in [5.74, 6) is -0.390. The number of nitrogens with zero attached hydrogens (tertiary/aromatic N) is 1. The lowest BCUT2D eigenvalue weighted by molar-refractivity contribution is 0.0469. The van der Waals surface area contributed by atoms with Crippen molar-refractivity contribution < 1.29 is 27.5 Å². The number of esters is 1. The highest BCUT2D eigenvalue weighted by Crippen LogP contribution is 2.27. The molecule has 172 valence electrons. The number of piperidine rings is 1. The lowest BCUT2D eigenvalue weighted by Crippen LogP contribution is -2.35. The number of carbonyl (C=O) groups excluding carboxylic acids is 2. The van der Waals surface area contributed by atoms with Crippen molar-refractivity contribution >= 4 is 33.4 Å². The number of hydrogen-bond acceptors (Lipinski definition) is 6. The fourth-order valence-electron chi connectivity index (χ4n) is 3.50. The summed E-state index contributed by atoms with van der Waals surface area (Å²) < 4.78 is 38.3. The van der Waals surface area contributed by atoms with Crippen LogP contribution in [0.4, 0.5) is 0 Å². The molecule has 0 N–H and O–H groups in total. The van der Waals surface area contributed by atoms with Crippen LogP contribution < -0.4 is 4.74 Å². The maximum atomic E-state index is 13.0. The number of carbonyl (C=O) groups is 2. The Hall–Kier alpha value is -2.42. The van der Waals surface area contributed by atoms with Crippen molar-refractivity contribution in [2.45, 2.75) is 44.6 Å². The van der Waals surface area contributed by atoms with E-state index in [2.05, 4.69) is 0 Å². The molecule has 0 spiro atoms. The number of Topliss-reactive ketones (excluding diaryl/α,β-unsaturated/α-hetero) is 1. The third-order valence-electron chi connectivity index (χ3n) is 5.24. The van der Waals surface area contributed by atoms with E-state index in [1.807, 2.05) is 6.92 Å². The summed E-state index contributed by atoms with van der Waals surface area (Å²) in [4.78, 5) is 24.5. The molecule has 0 aromatic heterocycles. The van der Waals surface area contributed by atoms with Gasteiger partial charge in [-0.2, -0.15) is 4.31 Å². The van der Waals surface area contributed by atoms with Gasteiger partial charge in [0.15, 0.2) is 5.78 Å². The number of halogens is 1. The van der Waals surface area contributed by atoms with Crippen LogP contribution in [0.3, 0.4) is 0 Å². The van der Waals surface area contributed by atoms with Gasteiger partial charge >= 0.3 is 5.97 Å². The van der Waals surface area contributed by atoms with Gasteiger partial charge in [0, 0.05) is 24.2 Å². The van der Waals surface area contributed by atoms with Crippen molar-refractivity contribution in [3.8, 4) is 5.75 Å². The monoisotopic (exact) mass is 479 g/mol. The highest BCUT2D eigenvalue weighted by Gasteiger charge is 2.27. The summed E-state index contributed by atoms with van der Waals surface area (Å²) in [7, 11) is -3.72. The fraction of sp³-hybridized carbons (Fsp3) is 0.391. The van der Waals surface area contributed by atoms with E-state index in [4.69, 9.17) is 21.1 Å². The minimum absolute atomic E-state index is 0.00401. The van der Waals surface area contributed by atoms with Crippen LogP contribution in [0, 0.1) is 0 Å². The van der Waals surface area contributed by atoms with Crippen LogP contribution in [0.5, 0.6) is 5.75 Å². The maximum absolute atomic E-state index is 13.0. The van der Waals surface area contributed by atoms with Gasteiger partial charge in [-0.3, -0.25) is 4.79 Å². The van der Waals surface area contributed by atoms with Crippen molar-refractivity contribution in [1.29, 1.82) is 0 Å². The van der Waals surface area contributed by atoms with E-state index in [9.17, 15) is 18.0 Å². The van der Waals surface area contributed by atoms with Crippen LogP contribution in [0.1, 0.15) is 59.4 Å². The van der Waals surface area contributed by atoms with Crippen molar-refractivity contribution in [3.63, 3.8) is 0 Å².